The van der Waals surface area contributed by atoms with Crippen LogP contribution < -0.4 is 16.0 Å². The van der Waals surface area contributed by atoms with Crippen LogP contribution >= 0.6 is 23.1 Å². The number of anilines is 2. The van der Waals surface area contributed by atoms with Crippen LogP contribution in [0, 0.1) is 15.9 Å². The second-order valence-electron chi connectivity index (χ2n) is 10.3. The van der Waals surface area contributed by atoms with Gasteiger partial charge in [0.2, 0.25) is 5.91 Å². The van der Waals surface area contributed by atoms with Crippen LogP contribution in [0.15, 0.2) is 119 Å². The highest BCUT2D eigenvalue weighted by Gasteiger charge is 2.21. The number of nitrogens with zero attached hydrogens (tertiary/aromatic N) is 2. The lowest BCUT2D eigenvalue weighted by Gasteiger charge is -2.15. The van der Waals surface area contributed by atoms with Crippen LogP contribution in [0.1, 0.15) is 29.3 Å². The fourth-order valence-corrected chi connectivity index (χ4v) is 6.14. The fourth-order valence-electron chi connectivity index (χ4n) is 4.40. The van der Waals surface area contributed by atoms with Crippen molar-refractivity contribution in [1.29, 1.82) is 0 Å². The number of halogens is 1. The summed E-state index contributed by atoms with van der Waals surface area (Å²) in [5.74, 6) is -1.72. The molecule has 0 saturated heterocycles. The monoisotopic (exact) mass is 681 g/mol. The zero-order valence-corrected chi connectivity index (χ0v) is 27.0. The van der Waals surface area contributed by atoms with Crippen LogP contribution in [0.2, 0.25) is 0 Å². The summed E-state index contributed by atoms with van der Waals surface area (Å²) in [6.45, 7) is 1.89. The predicted octanol–water partition coefficient (Wildman–Crippen LogP) is 7.78. The van der Waals surface area contributed by atoms with Gasteiger partial charge in [-0.3, -0.25) is 24.5 Å². The Morgan fingerprint density at radius 1 is 0.958 bits per heavy atom. The summed E-state index contributed by atoms with van der Waals surface area (Å²) in [6.07, 6.45) is 1.94. The van der Waals surface area contributed by atoms with E-state index in [1.807, 2.05) is 13.0 Å². The molecule has 1 aromatic heterocycles. The van der Waals surface area contributed by atoms with Crippen molar-refractivity contribution in [3.8, 4) is 11.3 Å². The first-order valence-corrected chi connectivity index (χ1v) is 16.4. The molecule has 0 fully saturated rings. The third kappa shape index (κ3) is 8.99. The quantitative estimate of drug-likeness (QED) is 0.0528. The lowest BCUT2D eigenvalue weighted by atomic mass is 10.1. The minimum atomic E-state index is -0.620. The van der Waals surface area contributed by atoms with Crippen LogP contribution in [-0.4, -0.2) is 32.9 Å². The van der Waals surface area contributed by atoms with Gasteiger partial charge in [0.15, 0.2) is 5.13 Å². The summed E-state index contributed by atoms with van der Waals surface area (Å²) in [7, 11) is 0. The molecule has 5 rings (SSSR count). The van der Waals surface area contributed by atoms with Gasteiger partial charge in [0.25, 0.3) is 17.5 Å². The van der Waals surface area contributed by atoms with Gasteiger partial charge in [-0.1, -0.05) is 31.2 Å². The topological polar surface area (TPSA) is 143 Å². The molecule has 10 nitrogen and oxygen atoms in total. The highest BCUT2D eigenvalue weighted by atomic mass is 32.2. The number of benzene rings is 4. The number of hydrogen-bond acceptors (Lipinski definition) is 8. The number of amides is 3. The largest absolute Gasteiger partial charge is 0.321 e. The molecule has 1 unspecified atom stereocenters. The minimum absolute atomic E-state index is 0.0787. The van der Waals surface area contributed by atoms with E-state index >= 15 is 0 Å². The number of thioether (sulfide) groups is 1. The van der Waals surface area contributed by atoms with Gasteiger partial charge in [-0.05, 0) is 84.8 Å². The predicted molar refractivity (Wildman–Crippen MR) is 186 cm³/mol. The van der Waals surface area contributed by atoms with Crippen LogP contribution in [0.3, 0.4) is 0 Å². The van der Waals surface area contributed by atoms with Gasteiger partial charge >= 0.3 is 0 Å². The van der Waals surface area contributed by atoms with Crippen LogP contribution in [0.4, 0.5) is 20.9 Å². The molecular formula is C35H28FN5O5S2. The highest BCUT2D eigenvalue weighted by molar-refractivity contribution is 8.00. The number of nitro benzene ring substituents is 1. The zero-order valence-electron chi connectivity index (χ0n) is 25.4. The molecule has 0 saturated carbocycles. The first-order chi connectivity index (χ1) is 23.2. The van der Waals surface area contributed by atoms with E-state index in [0.717, 1.165) is 10.5 Å². The lowest BCUT2D eigenvalue weighted by Crippen LogP contribution is -2.30. The molecule has 0 aliphatic rings. The van der Waals surface area contributed by atoms with Crippen LogP contribution in [-0.2, 0) is 9.59 Å². The number of thiazole rings is 1. The van der Waals surface area contributed by atoms with E-state index in [9.17, 15) is 28.9 Å². The third-order valence-electron chi connectivity index (χ3n) is 6.85. The average molecular weight is 682 g/mol. The Morgan fingerprint density at radius 3 is 2.38 bits per heavy atom. The number of carbonyl (C=O) groups is 3. The molecule has 1 atom stereocenters. The Balaban J connectivity index is 1.28. The van der Waals surface area contributed by atoms with Crippen molar-refractivity contribution in [1.82, 2.24) is 10.3 Å². The van der Waals surface area contributed by atoms with Crippen molar-refractivity contribution in [3.05, 3.63) is 141 Å². The molecule has 3 amide bonds. The molecule has 1 heterocycles. The summed E-state index contributed by atoms with van der Waals surface area (Å²) >= 11 is 2.59. The number of carbonyl (C=O) groups excluding carboxylic acids is 3. The number of hydrogen-bond donors (Lipinski definition) is 3. The maximum Gasteiger partial charge on any atom is 0.272 e. The maximum atomic E-state index is 13.5. The van der Waals surface area contributed by atoms with Gasteiger partial charge in [0.05, 0.1) is 15.9 Å². The number of nitro groups is 1. The Morgan fingerprint density at radius 2 is 1.69 bits per heavy atom. The van der Waals surface area contributed by atoms with Gasteiger partial charge in [-0.15, -0.1) is 23.1 Å². The van der Waals surface area contributed by atoms with Crippen molar-refractivity contribution < 1.29 is 23.7 Å². The molecule has 5 aromatic rings. The molecule has 3 N–H and O–H groups in total. The fraction of sp³-hybridized carbons (Fsp3) is 0.0857. The van der Waals surface area contributed by atoms with E-state index in [0.29, 0.717) is 34.1 Å². The molecule has 0 aliphatic carbocycles. The van der Waals surface area contributed by atoms with Gasteiger partial charge in [0, 0.05) is 39.2 Å². The van der Waals surface area contributed by atoms with E-state index in [2.05, 4.69) is 20.9 Å². The Bertz CT molecular complexity index is 1970. The van der Waals surface area contributed by atoms with Crippen molar-refractivity contribution in [2.24, 2.45) is 0 Å². The summed E-state index contributed by atoms with van der Waals surface area (Å²) in [5.41, 5.74) is 2.40. The van der Waals surface area contributed by atoms with Crippen LogP contribution in [0.25, 0.3) is 17.3 Å². The first kappa shape index (κ1) is 33.7. The molecular weight excluding hydrogens is 654 g/mol. The van der Waals surface area contributed by atoms with E-state index in [1.165, 1.54) is 65.6 Å². The van der Waals surface area contributed by atoms with E-state index < -0.39 is 22.0 Å². The summed E-state index contributed by atoms with van der Waals surface area (Å²) in [5, 5.41) is 21.1. The molecule has 4 aromatic carbocycles. The van der Waals surface area contributed by atoms with Gasteiger partial charge in [-0.25, -0.2) is 9.37 Å². The maximum absolute atomic E-state index is 13.5. The average Bonchev–Trinajstić information content (AvgIpc) is 3.56. The highest BCUT2D eigenvalue weighted by Crippen LogP contribution is 2.30. The van der Waals surface area contributed by atoms with Crippen LogP contribution in [0.5, 0.6) is 0 Å². The number of non-ortho nitro benzene ring substituents is 1. The van der Waals surface area contributed by atoms with E-state index in [4.69, 9.17) is 0 Å². The first-order valence-electron chi connectivity index (χ1n) is 14.6. The van der Waals surface area contributed by atoms with E-state index in [1.54, 1.807) is 66.0 Å². The molecule has 0 radical (unpaired) electrons. The van der Waals surface area contributed by atoms with Crippen molar-refractivity contribution >= 4 is 63.4 Å². The molecule has 242 valence electrons. The van der Waals surface area contributed by atoms with E-state index in [-0.39, 0.29) is 23.1 Å². The number of rotatable bonds is 12. The molecule has 13 heteroatoms. The zero-order chi connectivity index (χ0) is 34.0. The summed E-state index contributed by atoms with van der Waals surface area (Å²) in [4.78, 5) is 55.3. The number of aromatic nitrogens is 1. The molecule has 48 heavy (non-hydrogen) atoms. The van der Waals surface area contributed by atoms with Crippen molar-refractivity contribution in [3.63, 3.8) is 0 Å². The Kier molecular flexibility index (Phi) is 11.1. The third-order valence-corrected chi connectivity index (χ3v) is 8.97. The van der Waals surface area contributed by atoms with Crippen molar-refractivity contribution in [2.75, 3.05) is 10.6 Å². The smallest absolute Gasteiger partial charge is 0.272 e. The van der Waals surface area contributed by atoms with Gasteiger partial charge in [0.1, 0.15) is 11.5 Å². The number of nitrogens with one attached hydrogen (secondary N) is 3. The molecule has 0 aliphatic heterocycles. The lowest BCUT2D eigenvalue weighted by molar-refractivity contribution is -0.384. The van der Waals surface area contributed by atoms with Gasteiger partial charge in [-0.2, -0.15) is 0 Å². The Labute approximate surface area is 283 Å². The molecule has 0 spiro atoms. The normalized spacial score (nSPS) is 11.8. The minimum Gasteiger partial charge on any atom is -0.321 e. The Hall–Kier alpha value is -5.66. The molecule has 0 bridgehead atoms. The second-order valence-corrected chi connectivity index (χ2v) is 12.4. The van der Waals surface area contributed by atoms with Crippen molar-refractivity contribution in [2.45, 2.75) is 23.5 Å². The SMILES string of the molecule is CCC(Sc1cccc(NC(=O)/C(=C\c2ccc([N+](=O)[O-])cc2)NC(=O)c2ccccc2)c1)C(=O)Nc1nc(-c2ccc(F)cc2)cs1. The second kappa shape index (κ2) is 15.8. The standard InChI is InChI=1S/C35H28FN5O5S2/c1-2-31(34(44)40-35-39-30(21-47-35)23-13-15-25(36)16-14-23)48-28-10-6-9-26(20-28)37-33(43)29(38-32(42)24-7-4-3-5-8-24)19-22-11-17-27(18-12-22)41(45)46/h3-21,31H,2H2,1H3,(H,37,43)(H,38,42)(H,39,40,44)/b29-19+. The summed E-state index contributed by atoms with van der Waals surface area (Å²) < 4.78 is 13.3. The van der Waals surface area contributed by atoms with Gasteiger partial charge < -0.3 is 16.0 Å². The summed E-state index contributed by atoms with van der Waals surface area (Å²) in [6, 6.07) is 26.8.